The predicted octanol–water partition coefficient (Wildman–Crippen LogP) is 2.90. The highest BCUT2D eigenvalue weighted by Crippen LogP contribution is 2.20. The lowest BCUT2D eigenvalue weighted by Gasteiger charge is -2.35. The molecule has 7 heteroatoms. The summed E-state index contributed by atoms with van der Waals surface area (Å²) in [4.78, 5) is 13.7. The second-order valence-corrected chi connectivity index (χ2v) is 7.09. The Kier molecular flexibility index (Phi) is 5.76. The van der Waals surface area contributed by atoms with Gasteiger partial charge in [-0.2, -0.15) is 10.1 Å². The molecule has 0 unspecified atom stereocenters. The zero-order valence-electron chi connectivity index (χ0n) is 15.7. The molecule has 3 heterocycles. The van der Waals surface area contributed by atoms with E-state index < -0.39 is 0 Å². The Balaban J connectivity index is 1.29. The molecule has 0 amide bonds. The van der Waals surface area contributed by atoms with Crippen molar-refractivity contribution in [2.24, 2.45) is 0 Å². The van der Waals surface area contributed by atoms with Gasteiger partial charge in [0.2, 0.25) is 5.95 Å². The minimum atomic E-state index is 0.621. The summed E-state index contributed by atoms with van der Waals surface area (Å²) in [7, 11) is 0. The number of anilines is 3. The molecule has 27 heavy (non-hydrogen) atoms. The molecule has 1 aliphatic carbocycles. The van der Waals surface area contributed by atoms with Crippen molar-refractivity contribution in [3.63, 3.8) is 0 Å². The van der Waals surface area contributed by atoms with E-state index in [4.69, 9.17) is 0 Å². The van der Waals surface area contributed by atoms with Crippen molar-refractivity contribution in [2.45, 2.75) is 32.1 Å². The maximum Gasteiger partial charge on any atom is 0.244 e. The van der Waals surface area contributed by atoms with Gasteiger partial charge in [-0.15, -0.1) is 5.10 Å². The number of allylic oxidation sites excluding steroid dienone is 1. The average Bonchev–Trinajstić information content (AvgIpc) is 2.76. The molecule has 0 saturated carbocycles. The minimum Gasteiger partial charge on any atom is -0.353 e. The van der Waals surface area contributed by atoms with Crippen LogP contribution in [0.25, 0.3) is 0 Å². The van der Waals surface area contributed by atoms with E-state index in [9.17, 15) is 0 Å². The fourth-order valence-corrected chi connectivity index (χ4v) is 3.69. The first kappa shape index (κ1) is 17.7. The first-order chi connectivity index (χ1) is 13.4. The lowest BCUT2D eigenvalue weighted by molar-refractivity contribution is 0.639. The molecule has 0 aromatic carbocycles. The number of aromatic nitrogens is 4. The average molecular weight is 365 g/mol. The Morgan fingerprint density at radius 1 is 1.00 bits per heavy atom. The summed E-state index contributed by atoms with van der Waals surface area (Å²) in [6.07, 6.45) is 12.2. The lowest BCUT2D eigenvalue weighted by Crippen LogP contribution is -2.47. The molecular formula is C20H27N7. The monoisotopic (exact) mass is 365 g/mol. The van der Waals surface area contributed by atoms with E-state index in [0.29, 0.717) is 5.95 Å². The van der Waals surface area contributed by atoms with Crippen LogP contribution in [0.2, 0.25) is 0 Å². The first-order valence-electron chi connectivity index (χ1n) is 9.91. The standard InChI is InChI=1S/C20H27N7/c1-2-6-17(7-3-1)9-11-22-20-24-19(16-23-25-20)27-14-12-26(13-15-27)18-8-4-5-10-21-18/h4-6,8,10,16H,1-3,7,9,11-15H2,(H,22,24,25). The van der Waals surface area contributed by atoms with Crippen LogP contribution in [0.4, 0.5) is 17.6 Å². The molecule has 1 aliphatic heterocycles. The Bertz CT molecular complexity index is 754. The van der Waals surface area contributed by atoms with Gasteiger partial charge in [0.1, 0.15) is 5.82 Å². The van der Waals surface area contributed by atoms with Gasteiger partial charge in [-0.25, -0.2) is 4.98 Å². The van der Waals surface area contributed by atoms with Gasteiger partial charge in [0, 0.05) is 38.9 Å². The number of pyridine rings is 1. The molecule has 2 aromatic rings. The van der Waals surface area contributed by atoms with Crippen LogP contribution < -0.4 is 15.1 Å². The third-order valence-electron chi connectivity index (χ3n) is 5.24. The highest BCUT2D eigenvalue weighted by Gasteiger charge is 2.19. The molecule has 2 aromatic heterocycles. The topological polar surface area (TPSA) is 70.1 Å². The zero-order valence-corrected chi connectivity index (χ0v) is 15.7. The second-order valence-electron chi connectivity index (χ2n) is 7.09. The molecule has 1 fully saturated rings. The van der Waals surface area contributed by atoms with E-state index in [0.717, 1.165) is 50.8 Å². The van der Waals surface area contributed by atoms with Crippen LogP contribution in [0.3, 0.4) is 0 Å². The molecule has 0 atom stereocenters. The summed E-state index contributed by atoms with van der Waals surface area (Å²) in [6, 6.07) is 6.04. The van der Waals surface area contributed by atoms with Gasteiger partial charge in [-0.3, -0.25) is 0 Å². The van der Waals surface area contributed by atoms with Crippen molar-refractivity contribution in [2.75, 3.05) is 47.8 Å². The van der Waals surface area contributed by atoms with Crippen LogP contribution >= 0.6 is 0 Å². The normalized spacial score (nSPS) is 17.6. The Hall–Kier alpha value is -2.70. The largest absolute Gasteiger partial charge is 0.353 e. The third-order valence-corrected chi connectivity index (χ3v) is 5.24. The van der Waals surface area contributed by atoms with Crippen molar-refractivity contribution in [3.8, 4) is 0 Å². The number of piperazine rings is 1. The van der Waals surface area contributed by atoms with E-state index in [2.05, 4.69) is 47.4 Å². The van der Waals surface area contributed by atoms with Gasteiger partial charge in [-0.1, -0.05) is 17.7 Å². The summed E-state index contributed by atoms with van der Waals surface area (Å²) in [5.74, 6) is 2.55. The van der Waals surface area contributed by atoms with Gasteiger partial charge in [-0.05, 0) is 44.2 Å². The molecule has 1 saturated heterocycles. The van der Waals surface area contributed by atoms with Crippen LogP contribution in [0.1, 0.15) is 32.1 Å². The van der Waals surface area contributed by atoms with E-state index in [-0.39, 0.29) is 0 Å². The zero-order chi connectivity index (χ0) is 18.3. The Morgan fingerprint density at radius 2 is 1.85 bits per heavy atom. The predicted molar refractivity (Wildman–Crippen MR) is 108 cm³/mol. The highest BCUT2D eigenvalue weighted by molar-refractivity contribution is 5.45. The number of hydrogen-bond donors (Lipinski definition) is 1. The maximum absolute atomic E-state index is 4.66. The van der Waals surface area contributed by atoms with Gasteiger partial charge < -0.3 is 15.1 Å². The number of nitrogens with zero attached hydrogens (tertiary/aromatic N) is 6. The van der Waals surface area contributed by atoms with Gasteiger partial charge in [0.25, 0.3) is 0 Å². The molecule has 4 rings (SSSR count). The van der Waals surface area contributed by atoms with Crippen LogP contribution in [-0.2, 0) is 0 Å². The third kappa shape index (κ3) is 4.72. The van der Waals surface area contributed by atoms with Crippen molar-refractivity contribution in [3.05, 3.63) is 42.2 Å². The van der Waals surface area contributed by atoms with Crippen molar-refractivity contribution < 1.29 is 0 Å². The quantitative estimate of drug-likeness (QED) is 0.789. The van der Waals surface area contributed by atoms with Crippen LogP contribution in [-0.4, -0.2) is 52.9 Å². The van der Waals surface area contributed by atoms with Gasteiger partial charge >= 0.3 is 0 Å². The molecule has 1 N–H and O–H groups in total. The molecular weight excluding hydrogens is 338 g/mol. The smallest absolute Gasteiger partial charge is 0.244 e. The van der Waals surface area contributed by atoms with Crippen LogP contribution in [0, 0.1) is 0 Å². The Morgan fingerprint density at radius 3 is 2.59 bits per heavy atom. The molecule has 7 nitrogen and oxygen atoms in total. The summed E-state index contributed by atoms with van der Waals surface area (Å²) < 4.78 is 0. The SMILES string of the molecule is C1=C(CCNc2nncc(N3CCN(c4ccccn4)CC3)n2)CCCC1. The highest BCUT2D eigenvalue weighted by atomic mass is 15.3. The lowest BCUT2D eigenvalue weighted by atomic mass is 9.97. The van der Waals surface area contributed by atoms with E-state index >= 15 is 0 Å². The van der Waals surface area contributed by atoms with E-state index in [1.807, 2.05) is 18.3 Å². The summed E-state index contributed by atoms with van der Waals surface area (Å²) in [6.45, 7) is 4.53. The van der Waals surface area contributed by atoms with Gasteiger partial charge in [0.05, 0.1) is 6.20 Å². The number of hydrogen-bond acceptors (Lipinski definition) is 7. The van der Waals surface area contributed by atoms with E-state index in [1.165, 1.54) is 25.7 Å². The van der Waals surface area contributed by atoms with Crippen LogP contribution in [0.15, 0.2) is 42.2 Å². The van der Waals surface area contributed by atoms with Crippen molar-refractivity contribution in [1.82, 2.24) is 20.2 Å². The summed E-state index contributed by atoms with van der Waals surface area (Å²) >= 11 is 0. The molecule has 142 valence electrons. The fraction of sp³-hybridized carbons (Fsp3) is 0.500. The van der Waals surface area contributed by atoms with Crippen molar-refractivity contribution in [1.29, 1.82) is 0 Å². The Labute approximate surface area is 160 Å². The molecule has 0 bridgehead atoms. The summed E-state index contributed by atoms with van der Waals surface area (Å²) in [5, 5.41) is 11.6. The van der Waals surface area contributed by atoms with Crippen molar-refractivity contribution >= 4 is 17.6 Å². The summed E-state index contributed by atoms with van der Waals surface area (Å²) in [5.41, 5.74) is 1.56. The maximum atomic E-state index is 4.66. The number of rotatable bonds is 6. The van der Waals surface area contributed by atoms with Crippen LogP contribution in [0.5, 0.6) is 0 Å². The first-order valence-corrected chi connectivity index (χ1v) is 9.91. The van der Waals surface area contributed by atoms with E-state index in [1.54, 1.807) is 11.8 Å². The second kappa shape index (κ2) is 8.79. The molecule has 0 radical (unpaired) electrons. The van der Waals surface area contributed by atoms with Gasteiger partial charge in [0.15, 0.2) is 5.82 Å². The fourth-order valence-electron chi connectivity index (χ4n) is 3.69. The molecule has 0 spiro atoms. The molecule has 2 aliphatic rings. The number of nitrogens with one attached hydrogen (secondary N) is 1. The minimum absolute atomic E-state index is 0.621.